The lowest BCUT2D eigenvalue weighted by molar-refractivity contribution is 0.0949. The molecular weight excluding hydrogens is 346 g/mol. The number of nitrogens with one attached hydrogen (secondary N) is 1. The van der Waals surface area contributed by atoms with Crippen LogP contribution in [0.5, 0.6) is 0 Å². The molecule has 4 nitrogen and oxygen atoms in total. The number of amides is 1. The molecule has 28 heavy (non-hydrogen) atoms. The minimum atomic E-state index is -0.0917. The summed E-state index contributed by atoms with van der Waals surface area (Å²) in [5.41, 5.74) is 6.43. The lowest BCUT2D eigenvalue weighted by Crippen LogP contribution is -2.24. The number of aromatic nitrogens is 2. The Morgan fingerprint density at radius 2 is 1.71 bits per heavy atom. The van der Waals surface area contributed by atoms with Crippen LogP contribution in [0, 0.1) is 13.8 Å². The van der Waals surface area contributed by atoms with Crippen molar-refractivity contribution < 1.29 is 4.79 Å². The molecule has 3 aromatic carbocycles. The standard InChI is InChI=1S/C24H23N3O/c1-17-12-13-18(2)20(14-17)16-27-22-11-7-6-10-21(22)26-23(27)15-25-24(28)19-8-4-3-5-9-19/h3-14H,15-16H2,1-2H3,(H,25,28). The van der Waals surface area contributed by atoms with Gasteiger partial charge in [-0.15, -0.1) is 0 Å². The van der Waals surface area contributed by atoms with Gasteiger partial charge in [-0.25, -0.2) is 4.98 Å². The molecule has 0 saturated heterocycles. The topological polar surface area (TPSA) is 46.9 Å². The third kappa shape index (κ3) is 3.67. The second-order valence-corrected chi connectivity index (χ2v) is 7.08. The summed E-state index contributed by atoms with van der Waals surface area (Å²) < 4.78 is 2.20. The monoisotopic (exact) mass is 369 g/mol. The smallest absolute Gasteiger partial charge is 0.251 e. The summed E-state index contributed by atoms with van der Waals surface area (Å²) in [7, 11) is 0. The van der Waals surface area contributed by atoms with E-state index in [1.54, 1.807) is 0 Å². The highest BCUT2D eigenvalue weighted by Crippen LogP contribution is 2.20. The predicted molar refractivity (Wildman–Crippen MR) is 112 cm³/mol. The molecular formula is C24H23N3O. The first-order chi connectivity index (χ1) is 13.6. The summed E-state index contributed by atoms with van der Waals surface area (Å²) in [6.07, 6.45) is 0. The Balaban J connectivity index is 1.65. The van der Waals surface area contributed by atoms with E-state index < -0.39 is 0 Å². The Morgan fingerprint density at radius 1 is 0.964 bits per heavy atom. The van der Waals surface area contributed by atoms with Crippen LogP contribution in [0.2, 0.25) is 0 Å². The molecule has 0 unspecified atom stereocenters. The van der Waals surface area contributed by atoms with E-state index >= 15 is 0 Å². The third-order valence-corrected chi connectivity index (χ3v) is 5.01. The molecule has 4 aromatic rings. The zero-order chi connectivity index (χ0) is 19.5. The quantitative estimate of drug-likeness (QED) is 0.557. The van der Waals surface area contributed by atoms with Crippen LogP contribution in [-0.2, 0) is 13.1 Å². The molecule has 0 aliphatic carbocycles. The van der Waals surface area contributed by atoms with Crippen molar-refractivity contribution in [2.45, 2.75) is 26.9 Å². The molecule has 0 aliphatic rings. The average molecular weight is 369 g/mol. The summed E-state index contributed by atoms with van der Waals surface area (Å²) in [5, 5.41) is 3.01. The third-order valence-electron chi connectivity index (χ3n) is 5.01. The van der Waals surface area contributed by atoms with Gasteiger partial charge in [-0.2, -0.15) is 0 Å². The highest BCUT2D eigenvalue weighted by molar-refractivity contribution is 5.94. The molecule has 1 heterocycles. The second kappa shape index (κ2) is 7.69. The van der Waals surface area contributed by atoms with E-state index in [1.165, 1.54) is 16.7 Å². The van der Waals surface area contributed by atoms with Crippen LogP contribution in [-0.4, -0.2) is 15.5 Å². The Labute approximate surface area is 164 Å². The minimum absolute atomic E-state index is 0.0917. The molecule has 0 spiro atoms. The number of carbonyl (C=O) groups is 1. The van der Waals surface area contributed by atoms with E-state index in [2.05, 4.69) is 48.0 Å². The van der Waals surface area contributed by atoms with E-state index in [-0.39, 0.29) is 5.91 Å². The largest absolute Gasteiger partial charge is 0.345 e. The summed E-state index contributed by atoms with van der Waals surface area (Å²) in [5.74, 6) is 0.761. The van der Waals surface area contributed by atoms with Gasteiger partial charge in [-0.05, 0) is 49.2 Å². The van der Waals surface area contributed by atoms with Crippen molar-refractivity contribution in [1.29, 1.82) is 0 Å². The zero-order valence-electron chi connectivity index (χ0n) is 16.1. The van der Waals surface area contributed by atoms with E-state index in [0.717, 1.165) is 23.4 Å². The van der Waals surface area contributed by atoms with Crippen molar-refractivity contribution in [1.82, 2.24) is 14.9 Å². The zero-order valence-corrected chi connectivity index (χ0v) is 16.1. The van der Waals surface area contributed by atoms with Crippen LogP contribution in [0.3, 0.4) is 0 Å². The maximum atomic E-state index is 12.5. The summed E-state index contributed by atoms with van der Waals surface area (Å²) in [4.78, 5) is 17.2. The van der Waals surface area contributed by atoms with Crippen LogP contribution >= 0.6 is 0 Å². The molecule has 4 heteroatoms. The van der Waals surface area contributed by atoms with Gasteiger partial charge in [-0.1, -0.05) is 54.1 Å². The molecule has 1 N–H and O–H groups in total. The minimum Gasteiger partial charge on any atom is -0.345 e. The van der Waals surface area contributed by atoms with Crippen molar-refractivity contribution in [3.05, 3.63) is 101 Å². The van der Waals surface area contributed by atoms with Gasteiger partial charge in [0, 0.05) is 12.1 Å². The number of hydrogen-bond acceptors (Lipinski definition) is 2. The van der Waals surface area contributed by atoms with Crippen molar-refractivity contribution in [2.75, 3.05) is 0 Å². The number of imidazole rings is 1. The van der Waals surface area contributed by atoms with Gasteiger partial charge < -0.3 is 9.88 Å². The van der Waals surface area contributed by atoms with E-state index in [0.29, 0.717) is 12.1 Å². The van der Waals surface area contributed by atoms with Crippen LogP contribution in [0.15, 0.2) is 72.8 Å². The second-order valence-electron chi connectivity index (χ2n) is 7.08. The van der Waals surface area contributed by atoms with E-state index in [4.69, 9.17) is 4.98 Å². The molecule has 140 valence electrons. The molecule has 0 aliphatic heterocycles. The van der Waals surface area contributed by atoms with Gasteiger partial charge in [-0.3, -0.25) is 4.79 Å². The van der Waals surface area contributed by atoms with Gasteiger partial charge in [0.2, 0.25) is 0 Å². The maximum Gasteiger partial charge on any atom is 0.251 e. The lowest BCUT2D eigenvalue weighted by atomic mass is 10.1. The van der Waals surface area contributed by atoms with Crippen molar-refractivity contribution in [2.24, 2.45) is 0 Å². The number of hydrogen-bond donors (Lipinski definition) is 1. The number of para-hydroxylation sites is 2. The van der Waals surface area contributed by atoms with Crippen LogP contribution in [0.25, 0.3) is 11.0 Å². The SMILES string of the molecule is Cc1ccc(C)c(Cn2c(CNC(=O)c3ccccc3)nc3ccccc32)c1. The normalized spacial score (nSPS) is 10.9. The number of rotatable bonds is 5. The molecule has 0 fully saturated rings. The molecule has 0 atom stereocenters. The lowest BCUT2D eigenvalue weighted by Gasteiger charge is -2.13. The highest BCUT2D eigenvalue weighted by Gasteiger charge is 2.13. The van der Waals surface area contributed by atoms with Gasteiger partial charge in [0.15, 0.2) is 0 Å². The first kappa shape index (κ1) is 18.0. The number of fused-ring (bicyclic) bond motifs is 1. The van der Waals surface area contributed by atoms with Crippen LogP contribution in [0.4, 0.5) is 0 Å². The molecule has 0 bridgehead atoms. The Kier molecular flexibility index (Phi) is 4.94. The van der Waals surface area contributed by atoms with Crippen molar-refractivity contribution in [3.63, 3.8) is 0 Å². The number of benzene rings is 3. The highest BCUT2D eigenvalue weighted by atomic mass is 16.1. The number of carbonyl (C=O) groups excluding carboxylic acids is 1. The van der Waals surface area contributed by atoms with Crippen LogP contribution in [0.1, 0.15) is 32.9 Å². The first-order valence-electron chi connectivity index (χ1n) is 9.45. The van der Waals surface area contributed by atoms with Crippen LogP contribution < -0.4 is 5.32 Å². The van der Waals surface area contributed by atoms with E-state index in [9.17, 15) is 4.79 Å². The Hall–Kier alpha value is -3.40. The average Bonchev–Trinajstić information content (AvgIpc) is 3.07. The summed E-state index contributed by atoms with van der Waals surface area (Å²) in [6, 6.07) is 23.9. The van der Waals surface area contributed by atoms with Gasteiger partial charge in [0.1, 0.15) is 5.82 Å². The molecule has 1 aromatic heterocycles. The fourth-order valence-electron chi connectivity index (χ4n) is 3.43. The van der Waals surface area contributed by atoms with Gasteiger partial charge in [0.05, 0.1) is 17.6 Å². The summed E-state index contributed by atoms with van der Waals surface area (Å²) >= 11 is 0. The number of aryl methyl sites for hydroxylation is 2. The fraction of sp³-hybridized carbons (Fsp3) is 0.167. The van der Waals surface area contributed by atoms with Gasteiger partial charge in [0.25, 0.3) is 5.91 Å². The van der Waals surface area contributed by atoms with Crippen molar-refractivity contribution in [3.8, 4) is 0 Å². The molecule has 1 amide bonds. The first-order valence-corrected chi connectivity index (χ1v) is 9.45. The fourth-order valence-corrected chi connectivity index (χ4v) is 3.43. The summed E-state index contributed by atoms with van der Waals surface area (Å²) in [6.45, 7) is 5.35. The molecule has 4 rings (SSSR count). The molecule has 0 radical (unpaired) electrons. The maximum absolute atomic E-state index is 12.5. The van der Waals surface area contributed by atoms with Gasteiger partial charge >= 0.3 is 0 Å². The predicted octanol–water partition coefficient (Wildman–Crippen LogP) is 4.63. The Bertz CT molecular complexity index is 1130. The van der Waals surface area contributed by atoms with E-state index in [1.807, 2.05) is 48.5 Å². The van der Waals surface area contributed by atoms with Crippen molar-refractivity contribution >= 4 is 16.9 Å². The Morgan fingerprint density at radius 3 is 2.54 bits per heavy atom. The molecule has 0 saturated carbocycles. The number of nitrogens with zero attached hydrogens (tertiary/aromatic N) is 2.